The number of isothiocyanates is 1. The van der Waals surface area contributed by atoms with E-state index in [0.717, 1.165) is 114 Å². The number of rotatable bonds is 14. The first-order valence-electron chi connectivity index (χ1n) is 38.0. The average molecular weight is 1840 g/mol. The number of carbonyl (C=O) groups excluding carboxylic acids is 5. The van der Waals surface area contributed by atoms with Gasteiger partial charge in [-0.1, -0.05) is 116 Å². The van der Waals surface area contributed by atoms with Crippen LogP contribution in [-0.2, 0) is 19.0 Å². The smallest absolute Gasteiger partial charge is 0.508 e. The number of amides is 2. The number of phenols is 2. The Hall–Kier alpha value is -11.5. The van der Waals surface area contributed by atoms with Gasteiger partial charge < -0.3 is 81.8 Å². The molecule has 8 rings (SSSR count). The van der Waals surface area contributed by atoms with E-state index in [9.17, 15) is 37.5 Å². The molecule has 0 aliphatic rings. The largest absolute Gasteiger partial charge is 0.519 e. The fourth-order valence-corrected chi connectivity index (χ4v) is 9.60. The Kier molecular flexibility index (Phi) is 75.6. The number of halogens is 3. The van der Waals surface area contributed by atoms with E-state index in [2.05, 4.69) is 88.4 Å². The van der Waals surface area contributed by atoms with Crippen molar-refractivity contribution in [3.05, 3.63) is 211 Å². The molecule has 2 amide bonds. The number of nitrogen functional groups attached to an aromatic ring is 2. The number of phenolic OH excluding ortho intramolecular Hbond substituents is 2. The zero-order valence-corrected chi connectivity index (χ0v) is 76.1. The summed E-state index contributed by atoms with van der Waals surface area (Å²) in [6.45, 7) is 48.5. The van der Waals surface area contributed by atoms with Crippen LogP contribution in [0.4, 0.5) is 56.9 Å². The molecular weight excluding hydrogens is 1680 g/mol. The van der Waals surface area contributed by atoms with Gasteiger partial charge in [0.25, 0.3) is 11.8 Å². The minimum absolute atomic E-state index is 0. The van der Waals surface area contributed by atoms with Crippen LogP contribution in [-0.4, -0.2) is 114 Å². The van der Waals surface area contributed by atoms with Crippen molar-refractivity contribution in [2.75, 3.05) is 73.3 Å². The van der Waals surface area contributed by atoms with Crippen LogP contribution in [0.25, 0.3) is 0 Å². The predicted molar refractivity (Wildman–Crippen MR) is 543 cm³/mol. The van der Waals surface area contributed by atoms with Gasteiger partial charge in [0, 0.05) is 59.3 Å². The molecule has 716 valence electrons. The molecule has 0 aliphatic carbocycles. The molecule has 0 aromatic heterocycles. The molecule has 0 saturated carbocycles. The first-order chi connectivity index (χ1) is 55.4. The van der Waals surface area contributed by atoms with E-state index in [1.165, 1.54) is 23.2 Å². The molecule has 29 heteroatoms. The molecule has 0 heterocycles. The highest BCUT2D eigenvalue weighted by molar-refractivity contribution is 7.80. The fraction of sp³-hybridized carbons (Fsp3) is 0.429. The van der Waals surface area contributed by atoms with Gasteiger partial charge >= 0.3 is 18.5 Å². The zero-order valence-electron chi connectivity index (χ0n) is 73.6. The second-order valence-corrected chi connectivity index (χ2v) is 29.0. The highest BCUT2D eigenvalue weighted by Gasteiger charge is 2.26. The minimum Gasteiger partial charge on any atom is -0.508 e. The van der Waals surface area contributed by atoms with Gasteiger partial charge in [0.2, 0.25) is 6.29 Å². The van der Waals surface area contributed by atoms with Gasteiger partial charge in [-0.15, -0.1) is 0 Å². The standard InChI is InChI=1S/C18H20N2O2S.C11H16N2OS.C11H17NO.C10H15NO.C10H18O5.C9H13NO.C8H5NOS.C8H11NO.C3H8.C2HF3O.8CH4/c1-4-22-16-11-12(2)15(10-13(16)3)19-18(23)20-17(21)14-8-6-5-7-9-14;1-4-14-10-6-7(2)9(5-8(10)3)13-11(12)15;1-5-13-11-7-8(2)10(12-4)6-9(11)3;1-4-12-10-6-7(2)9(11)5-8(10)3;1-9(2,3)14-7(11)13-8(12)15-10(4,5)6;1-6-5-9(11)7(2)4-8(6)10-3;10-8(9-6-11)7-4-2-1-3-5-7;1-5-4-8(10)6(2)3-7(5)9;1-3-2;3-2(4,5)1-6;;;;;;;;/h5-11H,4H2,1-3H3,(H2,19,20,21,23);5-6H,4H2,1-3H3,(H3,12,13,15);6-7,12H,5H2,1-4H3;5-6H,4,11H2,1-3H3;1-6H3;4-5,10-11H,1-3H3;1-5H;3-4,10H,9H2,1-2H3;3H2,1-2H3;1H;8*1H4. The molecule has 0 bridgehead atoms. The lowest BCUT2D eigenvalue weighted by Crippen LogP contribution is -2.34. The van der Waals surface area contributed by atoms with Gasteiger partial charge in [-0.2, -0.15) is 18.2 Å². The number of hydrogen-bond acceptors (Lipinski definition) is 21. The number of nitrogens with one attached hydrogen (secondary N) is 5. The topological polar surface area (TPSA) is 341 Å². The van der Waals surface area contributed by atoms with E-state index in [1.54, 1.807) is 96.1 Å². The Morgan fingerprint density at radius 2 is 0.717 bits per heavy atom. The maximum atomic E-state index is 12.1. The fourth-order valence-electron chi connectivity index (χ4n) is 9.20. The van der Waals surface area contributed by atoms with Gasteiger partial charge in [-0.3, -0.25) is 19.7 Å². The Morgan fingerprint density at radius 1 is 0.441 bits per heavy atom. The van der Waals surface area contributed by atoms with Crippen LogP contribution >= 0.6 is 36.7 Å². The van der Waals surface area contributed by atoms with E-state index in [4.69, 9.17) is 80.0 Å². The van der Waals surface area contributed by atoms with Crippen molar-refractivity contribution >= 4 is 117 Å². The number of aliphatic imine (C=N–C) groups is 1. The van der Waals surface area contributed by atoms with Crippen molar-refractivity contribution in [1.82, 2.24) is 5.32 Å². The van der Waals surface area contributed by atoms with Gasteiger partial charge in [0.1, 0.15) is 45.7 Å². The Bertz CT molecular complexity index is 4500. The molecule has 8 aromatic rings. The summed E-state index contributed by atoms with van der Waals surface area (Å²) in [7, 11) is 3.81. The molecule has 0 radical (unpaired) electrons. The van der Waals surface area contributed by atoms with Crippen LogP contribution in [0, 0.1) is 83.1 Å². The quantitative estimate of drug-likeness (QED) is 0.00919. The van der Waals surface area contributed by atoms with E-state index in [1.807, 2.05) is 183 Å². The van der Waals surface area contributed by atoms with Gasteiger partial charge in [-0.05, 0) is 353 Å². The van der Waals surface area contributed by atoms with Crippen LogP contribution in [0.2, 0.25) is 0 Å². The SMILES string of the molecule is C.C.C.C.C.C.C.C.CC(C)(C)OC(=O)OC(=O)OC(C)(C)C.CCC.CCOc1cc(C)c(N)cc1C.CCOc1cc(C)c(NC(=S)NC(=O)c2ccccc2)cc1C.CCOc1cc(C)c(NC(N)=S)cc1C.CCOc1cc(C)c(NC)cc1C.CNc1cc(C)c(O)cc1C.Cc1cc(O)c(C)cc1N.O=C(N=C=S)c1ccccc1.O=CC(F)(F)F. The van der Waals surface area contributed by atoms with Gasteiger partial charge in [0.05, 0.1) is 31.6 Å². The summed E-state index contributed by atoms with van der Waals surface area (Å²) >= 11 is 14.3. The summed E-state index contributed by atoms with van der Waals surface area (Å²) in [5, 5.41) is 35.9. The third-order valence-electron chi connectivity index (χ3n) is 15.0. The van der Waals surface area contributed by atoms with E-state index in [-0.39, 0.29) is 81.5 Å². The van der Waals surface area contributed by atoms with Crippen molar-refractivity contribution in [2.45, 2.75) is 249 Å². The van der Waals surface area contributed by atoms with E-state index in [0.29, 0.717) is 42.4 Å². The first-order valence-corrected chi connectivity index (χ1v) is 39.2. The lowest BCUT2D eigenvalue weighted by Gasteiger charge is -2.20. The lowest BCUT2D eigenvalue weighted by atomic mass is 10.1. The molecule has 0 atom stereocenters. The molecule has 0 aliphatic heterocycles. The van der Waals surface area contributed by atoms with Crippen molar-refractivity contribution in [3.63, 3.8) is 0 Å². The Morgan fingerprint density at radius 3 is 1.03 bits per heavy atom. The number of nitrogens with zero attached hydrogens (tertiary/aromatic N) is 1. The number of aldehydes is 1. The van der Waals surface area contributed by atoms with Crippen LogP contribution in [0.1, 0.15) is 236 Å². The molecular formula is C98H156F3N9O14S3. The average Bonchev–Trinajstić information content (AvgIpc) is 0.852. The molecule has 0 fully saturated rings. The monoisotopic (exact) mass is 1840 g/mol. The number of alkyl halides is 3. The Balaban J connectivity index is -0.000000152. The third-order valence-corrected chi connectivity index (χ3v) is 15.4. The van der Waals surface area contributed by atoms with E-state index >= 15 is 0 Å². The summed E-state index contributed by atoms with van der Waals surface area (Å²) in [6, 6.07) is 40.8. The number of aryl methyl sites for hydroxylation is 12. The van der Waals surface area contributed by atoms with Crippen molar-refractivity contribution in [2.24, 2.45) is 10.7 Å². The number of aromatic hydroxyl groups is 2. The molecule has 13 N–H and O–H groups in total. The number of ether oxygens (including phenoxy) is 7. The lowest BCUT2D eigenvalue weighted by molar-refractivity contribution is -0.156. The third kappa shape index (κ3) is 59.2. The number of hydrogen-bond donors (Lipinski definition) is 10. The van der Waals surface area contributed by atoms with Crippen molar-refractivity contribution in [3.8, 4) is 34.5 Å². The van der Waals surface area contributed by atoms with Crippen LogP contribution < -0.4 is 62.7 Å². The van der Waals surface area contributed by atoms with Crippen LogP contribution in [0.5, 0.6) is 34.5 Å². The van der Waals surface area contributed by atoms with Gasteiger partial charge in [0.15, 0.2) is 10.2 Å². The summed E-state index contributed by atoms with van der Waals surface area (Å²) in [4.78, 5) is 57.1. The minimum atomic E-state index is -4.64. The van der Waals surface area contributed by atoms with Gasteiger partial charge in [-0.25, -0.2) is 9.59 Å². The molecule has 23 nitrogen and oxygen atoms in total. The van der Waals surface area contributed by atoms with Crippen LogP contribution in [0.3, 0.4) is 0 Å². The van der Waals surface area contributed by atoms with Crippen molar-refractivity contribution < 1.29 is 80.5 Å². The number of nitrogens with two attached hydrogens (primary N) is 3. The summed E-state index contributed by atoms with van der Waals surface area (Å²) in [5.41, 5.74) is 34.4. The number of benzene rings is 8. The maximum absolute atomic E-state index is 12.1. The second kappa shape index (κ2) is 70.6. The number of anilines is 6. The normalized spacial score (nSPS) is 9.33. The summed E-state index contributed by atoms with van der Waals surface area (Å²) in [6.07, 6.45) is -6.57. The zero-order chi connectivity index (χ0) is 91.7. The van der Waals surface area contributed by atoms with E-state index < -0.39 is 36.0 Å². The molecule has 8 aromatic carbocycles. The molecule has 0 unspecified atom stereocenters. The first kappa shape index (κ1) is 136. The predicted octanol–water partition coefficient (Wildman–Crippen LogP) is 26.9. The highest BCUT2D eigenvalue weighted by Crippen LogP contribution is 2.31. The summed E-state index contributed by atoms with van der Waals surface area (Å²) < 4.78 is 67.0. The second-order valence-electron chi connectivity index (χ2n) is 28.0. The molecule has 0 saturated heterocycles. The molecule has 0 spiro atoms. The number of thiocarbonyl (C=S) groups is 3. The summed E-state index contributed by atoms with van der Waals surface area (Å²) in [5.74, 6) is 3.78. The number of carbonyl (C=O) groups is 5. The maximum Gasteiger partial charge on any atom is 0.519 e. The van der Waals surface area contributed by atoms with Crippen LogP contribution in [0.15, 0.2) is 138 Å². The van der Waals surface area contributed by atoms with Crippen molar-refractivity contribution in [1.29, 1.82) is 0 Å². The highest BCUT2D eigenvalue weighted by atomic mass is 32.1. The Labute approximate surface area is 777 Å². The molecule has 127 heavy (non-hydrogen) atoms.